The van der Waals surface area contributed by atoms with E-state index in [1.807, 2.05) is 6.07 Å². The van der Waals surface area contributed by atoms with Crippen LogP contribution in [0.25, 0.3) is 0 Å². The average molecular weight is 204 g/mol. The summed E-state index contributed by atoms with van der Waals surface area (Å²) < 4.78 is 4.59. The van der Waals surface area contributed by atoms with Gasteiger partial charge in [0.05, 0.1) is 25.2 Å². The number of nitriles is 1. The predicted molar refractivity (Wildman–Crippen MR) is 54.9 cm³/mol. The van der Waals surface area contributed by atoms with Crippen LogP contribution in [0.4, 0.5) is 0 Å². The molecule has 0 aliphatic heterocycles. The molecule has 4 nitrogen and oxygen atoms in total. The summed E-state index contributed by atoms with van der Waals surface area (Å²) in [6.07, 6.45) is 0.227. The molecule has 1 aromatic rings. The monoisotopic (exact) mass is 204 g/mol. The van der Waals surface area contributed by atoms with Gasteiger partial charge in [-0.05, 0) is 17.7 Å². The van der Waals surface area contributed by atoms with Gasteiger partial charge >= 0.3 is 5.97 Å². The van der Waals surface area contributed by atoms with Gasteiger partial charge in [0.1, 0.15) is 0 Å². The summed E-state index contributed by atoms with van der Waals surface area (Å²) in [6.45, 7) is 0. The topological polar surface area (TPSA) is 76.1 Å². The van der Waals surface area contributed by atoms with Gasteiger partial charge < -0.3 is 10.5 Å². The fraction of sp³-hybridized carbons (Fsp3) is 0.273. The van der Waals surface area contributed by atoms with Gasteiger partial charge in [0.15, 0.2) is 0 Å². The second-order valence-electron chi connectivity index (χ2n) is 3.09. The lowest BCUT2D eigenvalue weighted by atomic mass is 10.0. The summed E-state index contributed by atoms with van der Waals surface area (Å²) in [5, 5.41) is 8.50. The van der Waals surface area contributed by atoms with Gasteiger partial charge in [-0.25, -0.2) is 4.79 Å². The third-order valence-corrected chi connectivity index (χ3v) is 2.05. The number of esters is 1. The minimum Gasteiger partial charge on any atom is -0.465 e. The molecule has 0 saturated carbocycles. The molecule has 0 fully saturated rings. The van der Waals surface area contributed by atoms with Crippen molar-refractivity contribution in [2.75, 3.05) is 7.11 Å². The van der Waals surface area contributed by atoms with Crippen molar-refractivity contribution in [3.05, 3.63) is 35.4 Å². The summed E-state index contributed by atoms with van der Waals surface area (Å²) >= 11 is 0. The van der Waals surface area contributed by atoms with Gasteiger partial charge in [-0.3, -0.25) is 0 Å². The standard InChI is InChI=1S/C11H12N2O2/c1-15-11(14)9-4-2-3-8(7-9)10(13)5-6-12/h2-4,7,10H,5,13H2,1H3/t10-/m0/s1. The Kier molecular flexibility index (Phi) is 3.83. The number of benzene rings is 1. The van der Waals surface area contributed by atoms with E-state index in [1.54, 1.807) is 24.3 Å². The Labute approximate surface area is 88.3 Å². The Morgan fingerprint density at radius 3 is 3.00 bits per heavy atom. The minimum atomic E-state index is -0.402. The number of carbonyl (C=O) groups is 1. The zero-order chi connectivity index (χ0) is 11.3. The van der Waals surface area contributed by atoms with E-state index in [4.69, 9.17) is 11.0 Å². The van der Waals surface area contributed by atoms with Crippen molar-refractivity contribution >= 4 is 5.97 Å². The molecule has 1 rings (SSSR count). The Hall–Kier alpha value is -1.86. The molecule has 15 heavy (non-hydrogen) atoms. The molecule has 0 heterocycles. The summed E-state index contributed by atoms with van der Waals surface area (Å²) in [6, 6.07) is 8.43. The fourth-order valence-electron chi connectivity index (χ4n) is 1.23. The van der Waals surface area contributed by atoms with Gasteiger partial charge in [-0.15, -0.1) is 0 Å². The molecule has 78 valence electrons. The maximum absolute atomic E-state index is 11.2. The normalized spacial score (nSPS) is 11.5. The Balaban J connectivity index is 2.93. The summed E-state index contributed by atoms with van der Waals surface area (Å²) in [5.74, 6) is -0.402. The zero-order valence-electron chi connectivity index (χ0n) is 8.43. The highest BCUT2D eigenvalue weighted by atomic mass is 16.5. The molecule has 0 aliphatic carbocycles. The third-order valence-electron chi connectivity index (χ3n) is 2.05. The molecule has 1 aromatic carbocycles. The second kappa shape index (κ2) is 5.13. The quantitative estimate of drug-likeness (QED) is 0.755. The van der Waals surface area contributed by atoms with Crippen LogP contribution in [0.15, 0.2) is 24.3 Å². The number of ether oxygens (including phenoxy) is 1. The van der Waals surface area contributed by atoms with Gasteiger partial charge in [0.25, 0.3) is 0 Å². The maximum atomic E-state index is 11.2. The Bertz CT molecular complexity index is 396. The summed E-state index contributed by atoms with van der Waals surface area (Å²) in [5.41, 5.74) is 6.95. The van der Waals surface area contributed by atoms with E-state index in [-0.39, 0.29) is 12.5 Å². The molecular formula is C11H12N2O2. The molecule has 0 unspecified atom stereocenters. The lowest BCUT2D eigenvalue weighted by Crippen LogP contribution is -2.10. The molecule has 2 N–H and O–H groups in total. The number of rotatable bonds is 3. The fourth-order valence-corrected chi connectivity index (χ4v) is 1.23. The lowest BCUT2D eigenvalue weighted by molar-refractivity contribution is 0.0600. The van der Waals surface area contributed by atoms with Crippen molar-refractivity contribution in [2.24, 2.45) is 5.73 Å². The number of nitrogens with two attached hydrogens (primary N) is 1. The first-order chi connectivity index (χ1) is 7.19. The van der Waals surface area contributed by atoms with E-state index in [0.29, 0.717) is 5.56 Å². The van der Waals surface area contributed by atoms with E-state index in [9.17, 15) is 4.79 Å². The van der Waals surface area contributed by atoms with E-state index in [0.717, 1.165) is 5.56 Å². The van der Waals surface area contributed by atoms with Crippen molar-refractivity contribution in [2.45, 2.75) is 12.5 Å². The van der Waals surface area contributed by atoms with E-state index < -0.39 is 5.97 Å². The number of hydrogen-bond donors (Lipinski definition) is 1. The highest BCUT2D eigenvalue weighted by molar-refractivity contribution is 5.89. The summed E-state index contributed by atoms with van der Waals surface area (Å²) in [4.78, 5) is 11.2. The minimum absolute atomic E-state index is 0.227. The Morgan fingerprint density at radius 1 is 1.67 bits per heavy atom. The second-order valence-corrected chi connectivity index (χ2v) is 3.09. The van der Waals surface area contributed by atoms with Crippen LogP contribution in [0, 0.1) is 11.3 Å². The molecule has 4 heteroatoms. The van der Waals surface area contributed by atoms with Crippen LogP contribution in [0.3, 0.4) is 0 Å². The highest BCUT2D eigenvalue weighted by Gasteiger charge is 2.09. The molecule has 1 atom stereocenters. The largest absolute Gasteiger partial charge is 0.465 e. The van der Waals surface area contributed by atoms with Crippen LogP contribution in [-0.2, 0) is 4.74 Å². The molecule has 0 saturated heterocycles. The first-order valence-corrected chi connectivity index (χ1v) is 4.50. The first-order valence-electron chi connectivity index (χ1n) is 4.50. The molecule has 0 amide bonds. The third kappa shape index (κ3) is 2.79. The van der Waals surface area contributed by atoms with Crippen LogP contribution in [0.2, 0.25) is 0 Å². The van der Waals surface area contributed by atoms with Crippen LogP contribution in [0.5, 0.6) is 0 Å². The molecule has 0 aromatic heterocycles. The van der Waals surface area contributed by atoms with Crippen LogP contribution < -0.4 is 5.73 Å². The van der Waals surface area contributed by atoms with Gasteiger partial charge in [-0.1, -0.05) is 12.1 Å². The van der Waals surface area contributed by atoms with Gasteiger partial charge in [0, 0.05) is 6.04 Å². The van der Waals surface area contributed by atoms with E-state index in [2.05, 4.69) is 4.74 Å². The van der Waals surface area contributed by atoms with Crippen molar-refractivity contribution in [3.63, 3.8) is 0 Å². The highest BCUT2D eigenvalue weighted by Crippen LogP contribution is 2.15. The lowest BCUT2D eigenvalue weighted by Gasteiger charge is -2.08. The molecular weight excluding hydrogens is 192 g/mol. The molecule has 0 radical (unpaired) electrons. The molecule has 0 aliphatic rings. The van der Waals surface area contributed by atoms with Crippen LogP contribution in [0.1, 0.15) is 28.4 Å². The van der Waals surface area contributed by atoms with Crippen molar-refractivity contribution in [1.82, 2.24) is 0 Å². The van der Waals surface area contributed by atoms with E-state index >= 15 is 0 Å². The number of hydrogen-bond acceptors (Lipinski definition) is 4. The number of carbonyl (C=O) groups excluding carboxylic acids is 1. The van der Waals surface area contributed by atoms with Gasteiger partial charge in [0.2, 0.25) is 0 Å². The van der Waals surface area contributed by atoms with Crippen LogP contribution >= 0.6 is 0 Å². The molecule has 0 spiro atoms. The number of nitrogens with zero attached hydrogens (tertiary/aromatic N) is 1. The van der Waals surface area contributed by atoms with Crippen molar-refractivity contribution < 1.29 is 9.53 Å². The molecule has 0 bridgehead atoms. The van der Waals surface area contributed by atoms with E-state index in [1.165, 1.54) is 7.11 Å². The van der Waals surface area contributed by atoms with Crippen molar-refractivity contribution in [3.8, 4) is 6.07 Å². The van der Waals surface area contributed by atoms with Crippen molar-refractivity contribution in [1.29, 1.82) is 5.26 Å². The van der Waals surface area contributed by atoms with Crippen LogP contribution in [-0.4, -0.2) is 13.1 Å². The smallest absolute Gasteiger partial charge is 0.337 e. The SMILES string of the molecule is COC(=O)c1cccc([C@@H](N)CC#N)c1. The predicted octanol–water partition coefficient (Wildman–Crippen LogP) is 1.39. The Morgan fingerprint density at radius 2 is 2.40 bits per heavy atom. The maximum Gasteiger partial charge on any atom is 0.337 e. The summed E-state index contributed by atoms with van der Waals surface area (Å²) in [7, 11) is 1.32. The average Bonchev–Trinajstić information content (AvgIpc) is 2.28. The first kappa shape index (κ1) is 11.2. The van der Waals surface area contributed by atoms with Gasteiger partial charge in [-0.2, -0.15) is 5.26 Å². The number of methoxy groups -OCH3 is 1. The zero-order valence-corrected chi connectivity index (χ0v) is 8.43.